The van der Waals surface area contributed by atoms with Gasteiger partial charge in [0.1, 0.15) is 10.8 Å². The number of aryl methyl sites for hydroxylation is 2. The number of ether oxygens (including phenoxy) is 1. The van der Waals surface area contributed by atoms with Crippen LogP contribution in [0.3, 0.4) is 0 Å². The minimum Gasteiger partial charge on any atom is -0.494 e. The number of aromatic nitrogens is 4. The number of fused-ring (bicyclic) bond motifs is 1. The van der Waals surface area contributed by atoms with Crippen LogP contribution in [0, 0.1) is 6.92 Å². The molecule has 2 aromatic carbocycles. The van der Waals surface area contributed by atoms with E-state index < -0.39 is 0 Å². The number of carbonyl (C=O) groups excluding carboxylic acids is 1. The van der Waals surface area contributed by atoms with Crippen LogP contribution < -0.4 is 15.4 Å². The number of hydrogen-bond donors (Lipinski definition) is 2. The van der Waals surface area contributed by atoms with Gasteiger partial charge in [-0.2, -0.15) is 9.61 Å². The molecular formula is C24H26N6O2S2. The van der Waals surface area contributed by atoms with Gasteiger partial charge in [0.2, 0.25) is 4.96 Å². The van der Waals surface area contributed by atoms with Gasteiger partial charge in [0, 0.05) is 23.2 Å². The second-order valence-electron chi connectivity index (χ2n) is 7.74. The lowest BCUT2D eigenvalue weighted by Gasteiger charge is -2.13. The Morgan fingerprint density at radius 2 is 2.03 bits per heavy atom. The highest BCUT2D eigenvalue weighted by Crippen LogP contribution is 2.28. The molecule has 1 amide bonds. The predicted octanol–water partition coefficient (Wildman–Crippen LogP) is 5.03. The Balaban J connectivity index is 1.40. The van der Waals surface area contributed by atoms with Crippen molar-refractivity contribution in [2.24, 2.45) is 0 Å². The van der Waals surface area contributed by atoms with Crippen LogP contribution >= 0.6 is 23.6 Å². The molecule has 176 valence electrons. The molecule has 0 bridgehead atoms. The van der Waals surface area contributed by atoms with Crippen molar-refractivity contribution in [3.05, 3.63) is 59.4 Å². The van der Waals surface area contributed by atoms with E-state index in [1.54, 1.807) is 22.7 Å². The Bertz CT molecular complexity index is 1330. The van der Waals surface area contributed by atoms with Gasteiger partial charge in [0.15, 0.2) is 10.9 Å². The molecule has 2 N–H and O–H groups in total. The zero-order valence-corrected chi connectivity index (χ0v) is 20.9. The van der Waals surface area contributed by atoms with Gasteiger partial charge >= 0.3 is 0 Å². The van der Waals surface area contributed by atoms with Crippen molar-refractivity contribution in [1.29, 1.82) is 0 Å². The fourth-order valence-electron chi connectivity index (χ4n) is 3.32. The molecule has 0 radical (unpaired) electrons. The summed E-state index contributed by atoms with van der Waals surface area (Å²) >= 11 is 6.87. The topological polar surface area (TPSA) is 93.4 Å². The van der Waals surface area contributed by atoms with Gasteiger partial charge in [-0.3, -0.25) is 10.1 Å². The largest absolute Gasteiger partial charge is 0.494 e. The lowest BCUT2D eigenvalue weighted by atomic mass is 10.1. The fraction of sp³-hybridized carbons (Fsp3) is 0.292. The van der Waals surface area contributed by atoms with E-state index in [0.717, 1.165) is 51.9 Å². The zero-order chi connectivity index (χ0) is 24.1. The lowest BCUT2D eigenvalue weighted by Crippen LogP contribution is -2.34. The number of nitrogens with zero attached hydrogens (tertiary/aromatic N) is 4. The molecule has 0 aliphatic carbocycles. The molecule has 0 spiro atoms. The van der Waals surface area contributed by atoms with Crippen LogP contribution in [0.4, 0.5) is 5.69 Å². The van der Waals surface area contributed by atoms with E-state index in [4.69, 9.17) is 17.0 Å². The summed E-state index contributed by atoms with van der Waals surface area (Å²) in [5, 5.41) is 19.9. The number of nitrogens with one attached hydrogen (secondary N) is 2. The number of unbranched alkanes of at least 4 members (excludes halogenated alkanes) is 1. The highest BCUT2D eigenvalue weighted by molar-refractivity contribution is 7.80. The first-order valence-corrected chi connectivity index (χ1v) is 12.4. The number of rotatable bonds is 8. The molecule has 8 nitrogen and oxygen atoms in total. The van der Waals surface area contributed by atoms with Crippen molar-refractivity contribution < 1.29 is 9.53 Å². The molecule has 4 rings (SSSR count). The fourth-order valence-corrected chi connectivity index (χ4v) is 4.38. The van der Waals surface area contributed by atoms with E-state index in [9.17, 15) is 4.79 Å². The quantitative estimate of drug-likeness (QED) is 0.262. The second kappa shape index (κ2) is 10.7. The maximum atomic E-state index is 12.6. The third-order valence-electron chi connectivity index (χ3n) is 5.18. The molecule has 0 atom stereocenters. The summed E-state index contributed by atoms with van der Waals surface area (Å²) < 4.78 is 7.47. The molecule has 0 saturated heterocycles. The molecule has 0 fully saturated rings. The van der Waals surface area contributed by atoms with Gasteiger partial charge < -0.3 is 10.1 Å². The Morgan fingerprint density at radius 3 is 2.79 bits per heavy atom. The number of carbonyl (C=O) groups is 1. The van der Waals surface area contributed by atoms with Crippen LogP contribution in [0.15, 0.2) is 42.5 Å². The van der Waals surface area contributed by atoms with Gasteiger partial charge in [-0.15, -0.1) is 10.2 Å². The summed E-state index contributed by atoms with van der Waals surface area (Å²) in [6.45, 7) is 6.74. The Labute approximate surface area is 207 Å². The van der Waals surface area contributed by atoms with Crippen LogP contribution in [0.5, 0.6) is 5.75 Å². The third kappa shape index (κ3) is 5.40. The summed E-state index contributed by atoms with van der Waals surface area (Å²) in [4.78, 5) is 13.4. The average Bonchev–Trinajstić information content (AvgIpc) is 3.41. The first-order chi connectivity index (χ1) is 16.5. The van der Waals surface area contributed by atoms with Gasteiger partial charge in [-0.05, 0) is 67.5 Å². The third-order valence-corrected chi connectivity index (χ3v) is 6.34. The molecule has 2 heterocycles. The summed E-state index contributed by atoms with van der Waals surface area (Å²) in [5.74, 6) is 1.22. The minimum atomic E-state index is -0.292. The standard InChI is InChI=1S/C24H26N6O2S2/c1-4-6-12-32-18-9-7-8-16(14-18)21(31)26-23(33)25-19-11-10-17(13-15(19)3)22-29-30-20(5-2)27-28-24(30)34-22/h7-11,13-14H,4-6,12H2,1-3H3,(H2,25,26,31,33). The molecular weight excluding hydrogens is 468 g/mol. The van der Waals surface area contributed by atoms with Gasteiger partial charge in [-0.1, -0.05) is 37.7 Å². The maximum absolute atomic E-state index is 12.6. The molecule has 4 aromatic rings. The molecule has 0 aliphatic rings. The number of anilines is 1. The van der Waals surface area contributed by atoms with E-state index in [1.807, 2.05) is 38.1 Å². The van der Waals surface area contributed by atoms with Crippen LogP contribution in [0.1, 0.15) is 48.4 Å². The second-order valence-corrected chi connectivity index (χ2v) is 9.10. The first-order valence-electron chi connectivity index (χ1n) is 11.2. The van der Waals surface area contributed by atoms with E-state index >= 15 is 0 Å². The van der Waals surface area contributed by atoms with Crippen molar-refractivity contribution >= 4 is 45.2 Å². The predicted molar refractivity (Wildman–Crippen MR) is 139 cm³/mol. The van der Waals surface area contributed by atoms with Gasteiger partial charge in [0.25, 0.3) is 5.91 Å². The van der Waals surface area contributed by atoms with Crippen molar-refractivity contribution in [2.45, 2.75) is 40.0 Å². The SMILES string of the molecule is CCCCOc1cccc(C(=O)NC(=S)Nc2ccc(-c3nn4c(CC)nnc4s3)cc2C)c1. The number of thiocarbonyl (C=S) groups is 1. The molecule has 0 saturated carbocycles. The molecule has 10 heteroatoms. The summed E-state index contributed by atoms with van der Waals surface area (Å²) in [6.07, 6.45) is 2.79. The maximum Gasteiger partial charge on any atom is 0.257 e. The minimum absolute atomic E-state index is 0.226. The van der Waals surface area contributed by atoms with Crippen molar-refractivity contribution in [3.63, 3.8) is 0 Å². The highest BCUT2D eigenvalue weighted by atomic mass is 32.1. The van der Waals surface area contributed by atoms with Crippen molar-refractivity contribution in [2.75, 3.05) is 11.9 Å². The van der Waals surface area contributed by atoms with E-state index in [-0.39, 0.29) is 11.0 Å². The van der Waals surface area contributed by atoms with E-state index in [1.165, 1.54) is 11.3 Å². The van der Waals surface area contributed by atoms with Crippen LogP contribution in [0.25, 0.3) is 15.5 Å². The number of amides is 1. The highest BCUT2D eigenvalue weighted by Gasteiger charge is 2.14. The van der Waals surface area contributed by atoms with Crippen LogP contribution in [-0.2, 0) is 6.42 Å². The summed E-state index contributed by atoms with van der Waals surface area (Å²) in [7, 11) is 0. The summed E-state index contributed by atoms with van der Waals surface area (Å²) in [6, 6.07) is 13.0. The van der Waals surface area contributed by atoms with Crippen molar-refractivity contribution in [3.8, 4) is 16.3 Å². The molecule has 2 aromatic heterocycles. The van der Waals surface area contributed by atoms with Gasteiger partial charge in [0.05, 0.1) is 6.61 Å². The average molecular weight is 495 g/mol. The normalized spacial score (nSPS) is 10.9. The van der Waals surface area contributed by atoms with E-state index in [2.05, 4.69) is 32.9 Å². The van der Waals surface area contributed by atoms with Crippen LogP contribution in [0.2, 0.25) is 0 Å². The Kier molecular flexibility index (Phi) is 7.49. The monoisotopic (exact) mass is 494 g/mol. The lowest BCUT2D eigenvalue weighted by molar-refractivity contribution is 0.0977. The number of benzene rings is 2. The number of hydrogen-bond acceptors (Lipinski definition) is 7. The van der Waals surface area contributed by atoms with Gasteiger partial charge in [-0.25, -0.2) is 0 Å². The molecule has 34 heavy (non-hydrogen) atoms. The van der Waals surface area contributed by atoms with E-state index in [0.29, 0.717) is 17.9 Å². The smallest absolute Gasteiger partial charge is 0.257 e. The Hall–Kier alpha value is -3.37. The molecule has 0 unspecified atom stereocenters. The first kappa shape index (κ1) is 23.8. The van der Waals surface area contributed by atoms with Crippen molar-refractivity contribution in [1.82, 2.24) is 25.1 Å². The Morgan fingerprint density at radius 1 is 1.18 bits per heavy atom. The van der Waals surface area contributed by atoms with Crippen LogP contribution in [-0.4, -0.2) is 37.4 Å². The summed E-state index contributed by atoms with van der Waals surface area (Å²) in [5.41, 5.74) is 3.25. The zero-order valence-electron chi connectivity index (χ0n) is 19.3. The molecule has 0 aliphatic heterocycles.